The molecule has 0 saturated heterocycles. The van der Waals surface area contributed by atoms with Gasteiger partial charge >= 0.3 is 0 Å². The molecule has 2 amide bonds. The van der Waals surface area contributed by atoms with Crippen LogP contribution in [0.15, 0.2) is 42.5 Å². The second-order valence-electron chi connectivity index (χ2n) is 6.71. The minimum Gasteiger partial charge on any atom is -0.339 e. The van der Waals surface area contributed by atoms with Gasteiger partial charge in [0, 0.05) is 32.1 Å². The second kappa shape index (κ2) is 9.18. The summed E-state index contributed by atoms with van der Waals surface area (Å²) in [6, 6.07) is 14.0. The number of anilines is 1. The number of nitrogens with zero attached hydrogens (tertiary/aromatic N) is 1. The standard InChI is InChI=1S/C22H28N2O2/c1-5-24(18(4)25)15-19-7-6-8-21(14-19)23-22(26)12-11-20-10-9-16(2)13-17(20)3/h6-10,13-14H,5,11-12,15H2,1-4H3,(H,23,26). The Labute approximate surface area is 156 Å². The van der Waals surface area contributed by atoms with E-state index in [2.05, 4.69) is 37.4 Å². The molecule has 4 nitrogen and oxygen atoms in total. The molecule has 0 spiro atoms. The number of carbonyl (C=O) groups excluding carboxylic acids is 2. The molecule has 4 heteroatoms. The zero-order valence-corrected chi connectivity index (χ0v) is 16.1. The van der Waals surface area contributed by atoms with Gasteiger partial charge in [0.1, 0.15) is 0 Å². The molecule has 0 saturated carbocycles. The Hall–Kier alpha value is -2.62. The number of aryl methyl sites for hydroxylation is 3. The molecule has 0 bridgehead atoms. The maximum absolute atomic E-state index is 12.3. The maximum Gasteiger partial charge on any atom is 0.224 e. The van der Waals surface area contributed by atoms with Crippen molar-refractivity contribution in [3.63, 3.8) is 0 Å². The Morgan fingerprint density at radius 3 is 2.50 bits per heavy atom. The average Bonchev–Trinajstić information content (AvgIpc) is 2.59. The van der Waals surface area contributed by atoms with E-state index < -0.39 is 0 Å². The van der Waals surface area contributed by atoms with Crippen LogP contribution in [-0.2, 0) is 22.6 Å². The summed E-state index contributed by atoms with van der Waals surface area (Å²) in [5.41, 5.74) is 5.45. The van der Waals surface area contributed by atoms with Crippen LogP contribution in [0.1, 0.15) is 42.5 Å². The Morgan fingerprint density at radius 2 is 1.85 bits per heavy atom. The van der Waals surface area contributed by atoms with E-state index in [1.807, 2.05) is 31.2 Å². The first-order valence-electron chi connectivity index (χ1n) is 9.09. The molecule has 0 aliphatic carbocycles. The van der Waals surface area contributed by atoms with Gasteiger partial charge < -0.3 is 10.2 Å². The van der Waals surface area contributed by atoms with Crippen molar-refractivity contribution in [2.24, 2.45) is 0 Å². The predicted octanol–water partition coefficient (Wildman–Crippen LogP) is 4.24. The minimum absolute atomic E-state index is 0.000963. The molecule has 0 fully saturated rings. The van der Waals surface area contributed by atoms with Crippen molar-refractivity contribution in [1.82, 2.24) is 4.90 Å². The summed E-state index contributed by atoms with van der Waals surface area (Å²) >= 11 is 0. The van der Waals surface area contributed by atoms with E-state index in [1.54, 1.807) is 11.8 Å². The topological polar surface area (TPSA) is 49.4 Å². The molecule has 0 heterocycles. The summed E-state index contributed by atoms with van der Waals surface area (Å²) in [7, 11) is 0. The monoisotopic (exact) mass is 352 g/mol. The zero-order chi connectivity index (χ0) is 19.1. The third-order valence-electron chi connectivity index (χ3n) is 4.53. The van der Waals surface area contributed by atoms with Crippen molar-refractivity contribution in [3.05, 3.63) is 64.7 Å². The lowest BCUT2D eigenvalue weighted by Gasteiger charge is -2.19. The van der Waals surface area contributed by atoms with Gasteiger partial charge in [0.05, 0.1) is 0 Å². The van der Waals surface area contributed by atoms with Crippen LogP contribution >= 0.6 is 0 Å². The van der Waals surface area contributed by atoms with Crippen molar-refractivity contribution < 1.29 is 9.59 Å². The van der Waals surface area contributed by atoms with Crippen LogP contribution in [0.2, 0.25) is 0 Å². The largest absolute Gasteiger partial charge is 0.339 e. The lowest BCUT2D eigenvalue weighted by Crippen LogP contribution is -2.27. The molecule has 0 atom stereocenters. The van der Waals surface area contributed by atoms with Crippen molar-refractivity contribution >= 4 is 17.5 Å². The SMILES string of the molecule is CCN(Cc1cccc(NC(=O)CCc2ccc(C)cc2C)c1)C(C)=O. The first-order chi connectivity index (χ1) is 12.4. The van der Waals surface area contributed by atoms with Gasteiger partial charge in [0.2, 0.25) is 11.8 Å². The molecule has 0 radical (unpaired) electrons. The first kappa shape index (κ1) is 19.7. The number of nitrogens with one attached hydrogen (secondary N) is 1. The maximum atomic E-state index is 12.3. The summed E-state index contributed by atoms with van der Waals surface area (Å²) in [4.78, 5) is 25.6. The Balaban J connectivity index is 1.94. The van der Waals surface area contributed by atoms with Gasteiger partial charge in [0.25, 0.3) is 0 Å². The van der Waals surface area contributed by atoms with Gasteiger partial charge in [0.15, 0.2) is 0 Å². The lowest BCUT2D eigenvalue weighted by atomic mass is 10.0. The summed E-state index contributed by atoms with van der Waals surface area (Å²) < 4.78 is 0. The number of carbonyl (C=O) groups is 2. The highest BCUT2D eigenvalue weighted by molar-refractivity contribution is 5.90. The van der Waals surface area contributed by atoms with Crippen LogP contribution < -0.4 is 5.32 Å². The van der Waals surface area contributed by atoms with Gasteiger partial charge in [-0.1, -0.05) is 35.9 Å². The Morgan fingerprint density at radius 1 is 1.08 bits per heavy atom. The number of hydrogen-bond donors (Lipinski definition) is 1. The van der Waals surface area contributed by atoms with E-state index >= 15 is 0 Å². The molecule has 0 aliphatic rings. The molecule has 1 N–H and O–H groups in total. The van der Waals surface area contributed by atoms with Crippen LogP contribution in [0.5, 0.6) is 0 Å². The van der Waals surface area contributed by atoms with Gasteiger partial charge in [-0.15, -0.1) is 0 Å². The summed E-state index contributed by atoms with van der Waals surface area (Å²) in [6.45, 7) is 8.91. The third-order valence-corrected chi connectivity index (χ3v) is 4.53. The molecule has 2 aromatic rings. The van der Waals surface area contributed by atoms with Gasteiger partial charge in [-0.3, -0.25) is 9.59 Å². The van der Waals surface area contributed by atoms with Crippen LogP contribution in [-0.4, -0.2) is 23.3 Å². The molecule has 0 unspecified atom stereocenters. The summed E-state index contributed by atoms with van der Waals surface area (Å²) in [6.07, 6.45) is 1.17. The van der Waals surface area contributed by atoms with Crippen LogP contribution in [0, 0.1) is 13.8 Å². The first-order valence-corrected chi connectivity index (χ1v) is 9.09. The fourth-order valence-electron chi connectivity index (χ4n) is 3.01. The number of rotatable bonds is 7. The van der Waals surface area contributed by atoms with E-state index in [0.717, 1.165) is 17.7 Å². The van der Waals surface area contributed by atoms with Crippen molar-refractivity contribution in [1.29, 1.82) is 0 Å². The fraction of sp³-hybridized carbons (Fsp3) is 0.364. The van der Waals surface area contributed by atoms with Crippen LogP contribution in [0.4, 0.5) is 5.69 Å². The van der Waals surface area contributed by atoms with Crippen molar-refractivity contribution in [3.8, 4) is 0 Å². The Bertz CT molecular complexity index is 783. The normalized spacial score (nSPS) is 10.5. The number of amides is 2. The Kier molecular flexibility index (Phi) is 6.96. The highest BCUT2D eigenvalue weighted by atomic mass is 16.2. The van der Waals surface area contributed by atoms with Gasteiger partial charge in [-0.2, -0.15) is 0 Å². The highest BCUT2D eigenvalue weighted by Crippen LogP contribution is 2.15. The molecule has 0 aromatic heterocycles. The predicted molar refractivity (Wildman–Crippen MR) is 106 cm³/mol. The minimum atomic E-state index is 0.000963. The number of hydrogen-bond acceptors (Lipinski definition) is 2. The van der Waals surface area contributed by atoms with Crippen LogP contribution in [0.3, 0.4) is 0 Å². The van der Waals surface area contributed by atoms with E-state index in [-0.39, 0.29) is 11.8 Å². The third kappa shape index (κ3) is 5.73. The molecule has 26 heavy (non-hydrogen) atoms. The van der Waals surface area contributed by atoms with Crippen LogP contribution in [0.25, 0.3) is 0 Å². The highest BCUT2D eigenvalue weighted by Gasteiger charge is 2.09. The molecule has 2 aromatic carbocycles. The smallest absolute Gasteiger partial charge is 0.224 e. The van der Waals surface area contributed by atoms with Gasteiger partial charge in [-0.05, 0) is 56.0 Å². The van der Waals surface area contributed by atoms with Crippen molar-refractivity contribution in [2.45, 2.75) is 47.1 Å². The average molecular weight is 352 g/mol. The van der Waals surface area contributed by atoms with E-state index in [0.29, 0.717) is 19.5 Å². The lowest BCUT2D eigenvalue weighted by molar-refractivity contribution is -0.129. The van der Waals surface area contributed by atoms with E-state index in [9.17, 15) is 9.59 Å². The second-order valence-corrected chi connectivity index (χ2v) is 6.71. The van der Waals surface area contributed by atoms with Gasteiger partial charge in [-0.25, -0.2) is 0 Å². The molecule has 138 valence electrons. The van der Waals surface area contributed by atoms with E-state index in [4.69, 9.17) is 0 Å². The quantitative estimate of drug-likeness (QED) is 0.810. The fourth-order valence-corrected chi connectivity index (χ4v) is 3.01. The number of benzene rings is 2. The van der Waals surface area contributed by atoms with E-state index in [1.165, 1.54) is 16.7 Å². The molecule has 0 aliphatic heterocycles. The zero-order valence-electron chi connectivity index (χ0n) is 16.1. The molecular formula is C22H28N2O2. The summed E-state index contributed by atoms with van der Waals surface area (Å²) in [5.74, 6) is 0.0523. The molecule has 2 rings (SSSR count). The summed E-state index contributed by atoms with van der Waals surface area (Å²) in [5, 5.41) is 2.96. The van der Waals surface area contributed by atoms with Crippen molar-refractivity contribution in [2.75, 3.05) is 11.9 Å². The molecular weight excluding hydrogens is 324 g/mol.